The molecule has 74 valence electrons. The molecule has 0 saturated carbocycles. The predicted octanol–water partition coefficient (Wildman–Crippen LogP) is 0.961. The summed E-state index contributed by atoms with van der Waals surface area (Å²) < 4.78 is 4.47. The van der Waals surface area contributed by atoms with Crippen LogP contribution in [-0.4, -0.2) is 19.1 Å². The highest BCUT2D eigenvalue weighted by Crippen LogP contribution is 2.04. The van der Waals surface area contributed by atoms with Gasteiger partial charge in [0.05, 0.1) is 13.2 Å². The molecule has 0 rings (SSSR count). The van der Waals surface area contributed by atoms with Gasteiger partial charge < -0.3 is 10.5 Å². The molecule has 0 spiro atoms. The number of hydrogen-bond donors (Lipinski definition) is 1. The van der Waals surface area contributed by atoms with Gasteiger partial charge in [-0.1, -0.05) is 12.8 Å². The first-order valence-electron chi connectivity index (χ1n) is 4.42. The summed E-state index contributed by atoms with van der Waals surface area (Å²) in [5, 5.41) is 8.25. The molecule has 13 heavy (non-hydrogen) atoms. The number of hydrogen-bond acceptors (Lipinski definition) is 4. The molecule has 2 N–H and O–H groups in total. The van der Waals surface area contributed by atoms with Gasteiger partial charge in [-0.3, -0.25) is 4.79 Å². The first-order valence-corrected chi connectivity index (χ1v) is 4.42. The van der Waals surface area contributed by atoms with Gasteiger partial charge in [-0.15, -0.1) is 0 Å². The molecule has 0 amide bonds. The van der Waals surface area contributed by atoms with Crippen molar-refractivity contribution in [2.75, 3.05) is 7.11 Å². The molecule has 4 nitrogen and oxygen atoms in total. The average molecular weight is 184 g/mol. The maximum Gasteiger partial charge on any atom is 0.322 e. The molecule has 0 aliphatic carbocycles. The van der Waals surface area contributed by atoms with Crippen molar-refractivity contribution in [1.29, 1.82) is 5.26 Å². The topological polar surface area (TPSA) is 76.1 Å². The standard InChI is InChI=1S/C9H16N2O2/c1-13-9(12)8(11)6-4-2-3-5-7-10/h8H,2-6,11H2,1H3. The van der Waals surface area contributed by atoms with Crippen molar-refractivity contribution in [2.24, 2.45) is 5.73 Å². The van der Waals surface area contributed by atoms with Gasteiger partial charge in [-0.05, 0) is 12.8 Å². The zero-order valence-corrected chi connectivity index (χ0v) is 7.95. The number of carbonyl (C=O) groups excluding carboxylic acids is 1. The number of unbranched alkanes of at least 4 members (excludes halogenated alkanes) is 3. The highest BCUT2D eigenvalue weighted by atomic mass is 16.5. The van der Waals surface area contributed by atoms with Gasteiger partial charge in [0.2, 0.25) is 0 Å². The number of methoxy groups -OCH3 is 1. The van der Waals surface area contributed by atoms with Gasteiger partial charge in [-0.2, -0.15) is 5.26 Å². The zero-order valence-electron chi connectivity index (χ0n) is 7.95. The molecule has 0 radical (unpaired) electrons. The molecule has 0 aromatic rings. The van der Waals surface area contributed by atoms with E-state index in [1.54, 1.807) is 0 Å². The minimum absolute atomic E-state index is 0.361. The molecule has 0 aliphatic rings. The number of nitrogens with two attached hydrogens (primary N) is 1. The van der Waals surface area contributed by atoms with E-state index >= 15 is 0 Å². The Morgan fingerprint density at radius 2 is 2.23 bits per heavy atom. The van der Waals surface area contributed by atoms with Crippen LogP contribution in [0.1, 0.15) is 32.1 Å². The summed E-state index contributed by atoms with van der Waals surface area (Å²) in [6.07, 6.45) is 3.91. The summed E-state index contributed by atoms with van der Waals surface area (Å²) in [7, 11) is 1.33. The molecule has 0 heterocycles. The van der Waals surface area contributed by atoms with Crippen molar-refractivity contribution in [3.05, 3.63) is 0 Å². The lowest BCUT2D eigenvalue weighted by Gasteiger charge is -2.07. The van der Waals surface area contributed by atoms with Gasteiger partial charge in [-0.25, -0.2) is 0 Å². The lowest BCUT2D eigenvalue weighted by Crippen LogP contribution is -2.31. The van der Waals surface area contributed by atoms with Crippen LogP contribution < -0.4 is 5.73 Å². The van der Waals surface area contributed by atoms with E-state index in [9.17, 15) is 4.79 Å². The number of carbonyl (C=O) groups is 1. The van der Waals surface area contributed by atoms with Crippen LogP contribution >= 0.6 is 0 Å². The van der Waals surface area contributed by atoms with Gasteiger partial charge in [0.25, 0.3) is 0 Å². The van der Waals surface area contributed by atoms with Crippen LogP contribution in [0.2, 0.25) is 0 Å². The second-order valence-corrected chi connectivity index (χ2v) is 2.89. The first kappa shape index (κ1) is 11.9. The summed E-state index contributed by atoms with van der Waals surface area (Å²) >= 11 is 0. The predicted molar refractivity (Wildman–Crippen MR) is 48.7 cm³/mol. The minimum atomic E-state index is -0.507. The fourth-order valence-electron chi connectivity index (χ4n) is 1.01. The Hall–Kier alpha value is -1.08. The minimum Gasteiger partial charge on any atom is -0.468 e. The highest BCUT2D eigenvalue weighted by molar-refractivity contribution is 5.75. The Bertz CT molecular complexity index is 187. The molecule has 1 unspecified atom stereocenters. The van der Waals surface area contributed by atoms with Crippen LogP contribution in [0.25, 0.3) is 0 Å². The quantitative estimate of drug-likeness (QED) is 0.492. The van der Waals surface area contributed by atoms with Gasteiger partial charge in [0.15, 0.2) is 0 Å². The van der Waals surface area contributed by atoms with Gasteiger partial charge >= 0.3 is 5.97 Å². The van der Waals surface area contributed by atoms with Gasteiger partial charge in [0, 0.05) is 6.42 Å². The Morgan fingerprint density at radius 1 is 1.54 bits per heavy atom. The third-order valence-corrected chi connectivity index (χ3v) is 1.81. The van der Waals surface area contributed by atoms with Crippen LogP contribution in [0.15, 0.2) is 0 Å². The number of ether oxygens (including phenoxy) is 1. The zero-order chi connectivity index (χ0) is 10.1. The van der Waals surface area contributed by atoms with Crippen LogP contribution in [0, 0.1) is 11.3 Å². The van der Waals surface area contributed by atoms with E-state index in [1.165, 1.54) is 7.11 Å². The molecule has 0 aliphatic heterocycles. The van der Waals surface area contributed by atoms with Crippen LogP contribution in [0.4, 0.5) is 0 Å². The molecule has 0 aromatic heterocycles. The molecule has 0 saturated heterocycles. The van der Waals surface area contributed by atoms with E-state index in [2.05, 4.69) is 10.8 Å². The van der Waals surface area contributed by atoms with E-state index in [0.717, 1.165) is 19.3 Å². The second kappa shape index (κ2) is 7.56. The smallest absolute Gasteiger partial charge is 0.322 e. The highest BCUT2D eigenvalue weighted by Gasteiger charge is 2.11. The average Bonchev–Trinajstić information content (AvgIpc) is 2.16. The van der Waals surface area contributed by atoms with Crippen molar-refractivity contribution in [1.82, 2.24) is 0 Å². The van der Waals surface area contributed by atoms with Crippen LogP contribution in [0.3, 0.4) is 0 Å². The number of esters is 1. The molecular weight excluding hydrogens is 168 g/mol. The van der Waals surface area contributed by atoms with E-state index in [1.807, 2.05) is 0 Å². The number of nitrogens with zero attached hydrogens (tertiary/aromatic N) is 1. The summed E-state index contributed by atoms with van der Waals surface area (Å²) in [6, 6.07) is 1.56. The van der Waals surface area contributed by atoms with E-state index in [0.29, 0.717) is 12.8 Å². The molecule has 0 fully saturated rings. The SMILES string of the molecule is COC(=O)C(N)CCCCCC#N. The van der Waals surface area contributed by atoms with Crippen LogP contribution in [0.5, 0.6) is 0 Å². The number of rotatable bonds is 6. The summed E-state index contributed by atoms with van der Waals surface area (Å²) in [5.41, 5.74) is 5.50. The van der Waals surface area contributed by atoms with Crippen molar-refractivity contribution < 1.29 is 9.53 Å². The largest absolute Gasteiger partial charge is 0.468 e. The Balaban J connectivity index is 3.32. The Labute approximate surface area is 78.7 Å². The number of nitriles is 1. The summed E-state index contributed by atoms with van der Waals surface area (Å²) in [6.45, 7) is 0. The fraction of sp³-hybridized carbons (Fsp3) is 0.778. The van der Waals surface area contributed by atoms with E-state index in [-0.39, 0.29) is 5.97 Å². The van der Waals surface area contributed by atoms with E-state index in [4.69, 9.17) is 11.0 Å². The molecule has 4 heteroatoms. The third-order valence-electron chi connectivity index (χ3n) is 1.81. The maximum atomic E-state index is 10.8. The Kier molecular flexibility index (Phi) is 6.93. The van der Waals surface area contributed by atoms with Crippen molar-refractivity contribution >= 4 is 5.97 Å². The van der Waals surface area contributed by atoms with Crippen molar-refractivity contribution in [3.8, 4) is 6.07 Å². The Morgan fingerprint density at radius 3 is 2.77 bits per heavy atom. The third kappa shape index (κ3) is 6.12. The lowest BCUT2D eigenvalue weighted by molar-refractivity contribution is -0.142. The first-order chi connectivity index (χ1) is 6.22. The van der Waals surface area contributed by atoms with Crippen molar-refractivity contribution in [3.63, 3.8) is 0 Å². The van der Waals surface area contributed by atoms with E-state index < -0.39 is 6.04 Å². The molecule has 0 bridgehead atoms. The fourth-order valence-corrected chi connectivity index (χ4v) is 1.01. The summed E-state index contributed by atoms with van der Waals surface area (Å²) in [4.78, 5) is 10.8. The molecule has 0 aromatic carbocycles. The van der Waals surface area contributed by atoms with Gasteiger partial charge in [0.1, 0.15) is 6.04 Å². The lowest BCUT2D eigenvalue weighted by atomic mass is 10.1. The molecule has 1 atom stereocenters. The monoisotopic (exact) mass is 184 g/mol. The van der Waals surface area contributed by atoms with Crippen molar-refractivity contribution in [2.45, 2.75) is 38.1 Å². The maximum absolute atomic E-state index is 10.8. The van der Waals surface area contributed by atoms with Crippen LogP contribution in [-0.2, 0) is 9.53 Å². The molecular formula is C9H16N2O2. The second-order valence-electron chi connectivity index (χ2n) is 2.89. The normalized spacial score (nSPS) is 11.8. The summed E-state index contributed by atoms with van der Waals surface area (Å²) in [5.74, 6) is -0.361.